The summed E-state index contributed by atoms with van der Waals surface area (Å²) in [5, 5.41) is 3.06. The monoisotopic (exact) mass is 243 g/mol. The van der Waals surface area contributed by atoms with Crippen molar-refractivity contribution in [3.05, 3.63) is 36.0 Å². The number of benzene rings is 1. The Balaban J connectivity index is 2.41. The van der Waals surface area contributed by atoms with E-state index < -0.39 is 0 Å². The molecule has 1 heterocycles. The van der Waals surface area contributed by atoms with E-state index in [2.05, 4.69) is 22.2 Å². The van der Waals surface area contributed by atoms with Crippen LogP contribution < -0.4 is 10.1 Å². The second-order valence-electron chi connectivity index (χ2n) is 3.90. The molecule has 4 nitrogen and oxygen atoms in total. The fourth-order valence-corrected chi connectivity index (χ4v) is 1.68. The molecule has 0 saturated carbocycles. The number of aryl methyl sites for hydroxylation is 1. The number of rotatable bonds is 4. The first kappa shape index (κ1) is 12.4. The Hall–Kier alpha value is -2.10. The quantitative estimate of drug-likeness (QED) is 0.897. The van der Waals surface area contributed by atoms with Crippen molar-refractivity contribution in [2.45, 2.75) is 13.3 Å². The van der Waals surface area contributed by atoms with Crippen LogP contribution in [0.1, 0.15) is 12.6 Å². The highest BCUT2D eigenvalue weighted by atomic mass is 16.5. The van der Waals surface area contributed by atoms with E-state index in [4.69, 9.17) is 4.74 Å². The van der Waals surface area contributed by atoms with Gasteiger partial charge in [-0.3, -0.25) is 0 Å². The van der Waals surface area contributed by atoms with Crippen molar-refractivity contribution >= 4 is 5.82 Å². The summed E-state index contributed by atoms with van der Waals surface area (Å²) < 4.78 is 5.14. The first-order valence-corrected chi connectivity index (χ1v) is 5.97. The van der Waals surface area contributed by atoms with Crippen molar-refractivity contribution in [1.29, 1.82) is 0 Å². The number of hydrogen-bond donors (Lipinski definition) is 1. The average Bonchev–Trinajstić information content (AvgIpc) is 2.46. The maximum atomic E-state index is 5.14. The van der Waals surface area contributed by atoms with Gasteiger partial charge in [0.1, 0.15) is 11.6 Å². The Morgan fingerprint density at radius 1 is 1.17 bits per heavy atom. The van der Waals surface area contributed by atoms with Gasteiger partial charge in [0.25, 0.3) is 0 Å². The average molecular weight is 243 g/mol. The first-order chi connectivity index (χ1) is 8.76. The van der Waals surface area contributed by atoms with E-state index in [1.54, 1.807) is 7.11 Å². The number of aromatic nitrogens is 2. The maximum absolute atomic E-state index is 5.14. The second-order valence-corrected chi connectivity index (χ2v) is 3.90. The number of anilines is 1. The zero-order valence-corrected chi connectivity index (χ0v) is 10.9. The normalized spacial score (nSPS) is 10.2. The van der Waals surface area contributed by atoms with Gasteiger partial charge < -0.3 is 10.1 Å². The smallest absolute Gasteiger partial charge is 0.161 e. The molecule has 18 heavy (non-hydrogen) atoms. The Kier molecular flexibility index (Phi) is 3.77. The van der Waals surface area contributed by atoms with Crippen LogP contribution in [-0.4, -0.2) is 24.1 Å². The molecule has 0 unspecified atom stereocenters. The highest BCUT2D eigenvalue weighted by molar-refractivity contribution is 5.58. The summed E-state index contributed by atoms with van der Waals surface area (Å²) in [7, 11) is 3.52. The van der Waals surface area contributed by atoms with Gasteiger partial charge in [0.15, 0.2) is 5.82 Å². The molecule has 0 atom stereocenters. The molecule has 0 bridgehead atoms. The molecule has 0 radical (unpaired) electrons. The zero-order valence-electron chi connectivity index (χ0n) is 10.9. The van der Waals surface area contributed by atoms with E-state index in [0.717, 1.165) is 35.1 Å². The number of methoxy groups -OCH3 is 1. The third-order valence-corrected chi connectivity index (χ3v) is 2.75. The third-order valence-electron chi connectivity index (χ3n) is 2.75. The molecule has 0 aliphatic carbocycles. The number of nitrogens with zero attached hydrogens (tertiary/aromatic N) is 2. The summed E-state index contributed by atoms with van der Waals surface area (Å²) in [5.74, 6) is 2.41. The minimum absolute atomic E-state index is 0.737. The molecule has 0 spiro atoms. The molecule has 2 aromatic rings. The Morgan fingerprint density at radius 2 is 1.89 bits per heavy atom. The second kappa shape index (κ2) is 5.49. The van der Waals surface area contributed by atoms with Crippen LogP contribution in [0.2, 0.25) is 0 Å². The lowest BCUT2D eigenvalue weighted by molar-refractivity contribution is 0.415. The van der Waals surface area contributed by atoms with Crippen molar-refractivity contribution in [3.63, 3.8) is 0 Å². The van der Waals surface area contributed by atoms with Gasteiger partial charge in [-0.15, -0.1) is 0 Å². The molecule has 0 fully saturated rings. The van der Waals surface area contributed by atoms with E-state index in [9.17, 15) is 0 Å². The van der Waals surface area contributed by atoms with Gasteiger partial charge in [-0.25, -0.2) is 9.97 Å². The van der Waals surface area contributed by atoms with Crippen LogP contribution in [0.15, 0.2) is 30.3 Å². The Labute approximate surface area is 107 Å². The van der Waals surface area contributed by atoms with E-state index in [-0.39, 0.29) is 0 Å². The highest BCUT2D eigenvalue weighted by Gasteiger charge is 2.05. The third kappa shape index (κ3) is 2.59. The van der Waals surface area contributed by atoms with Gasteiger partial charge in [0.2, 0.25) is 0 Å². The van der Waals surface area contributed by atoms with E-state index in [1.165, 1.54) is 0 Å². The molecule has 1 aromatic carbocycles. The van der Waals surface area contributed by atoms with Crippen LogP contribution >= 0.6 is 0 Å². The van der Waals surface area contributed by atoms with Crippen LogP contribution in [0.25, 0.3) is 11.4 Å². The Morgan fingerprint density at radius 3 is 2.44 bits per heavy atom. The number of hydrogen-bond acceptors (Lipinski definition) is 4. The van der Waals surface area contributed by atoms with Crippen LogP contribution in [0.5, 0.6) is 5.75 Å². The molecule has 0 aliphatic rings. The van der Waals surface area contributed by atoms with Gasteiger partial charge in [0, 0.05) is 24.4 Å². The summed E-state index contributed by atoms with van der Waals surface area (Å²) in [5.41, 5.74) is 2.02. The van der Waals surface area contributed by atoms with Gasteiger partial charge in [-0.05, 0) is 30.7 Å². The SMILES string of the molecule is CCc1cc(NC)nc(-c2ccc(OC)cc2)n1. The van der Waals surface area contributed by atoms with Crippen LogP contribution in [0, 0.1) is 0 Å². The molecule has 94 valence electrons. The number of ether oxygens (including phenoxy) is 1. The van der Waals surface area contributed by atoms with E-state index in [1.807, 2.05) is 37.4 Å². The van der Waals surface area contributed by atoms with E-state index >= 15 is 0 Å². The summed E-state index contributed by atoms with van der Waals surface area (Å²) in [6.07, 6.45) is 0.889. The van der Waals surface area contributed by atoms with Crippen LogP contribution in [0.4, 0.5) is 5.82 Å². The topological polar surface area (TPSA) is 47.0 Å². The summed E-state index contributed by atoms with van der Waals surface area (Å²) in [6, 6.07) is 9.72. The summed E-state index contributed by atoms with van der Waals surface area (Å²) in [4.78, 5) is 9.00. The first-order valence-electron chi connectivity index (χ1n) is 5.97. The largest absolute Gasteiger partial charge is 0.497 e. The van der Waals surface area contributed by atoms with Crippen molar-refractivity contribution < 1.29 is 4.74 Å². The predicted octanol–water partition coefficient (Wildman–Crippen LogP) is 2.76. The predicted molar refractivity (Wildman–Crippen MR) is 72.9 cm³/mol. The zero-order chi connectivity index (χ0) is 13.0. The van der Waals surface area contributed by atoms with Crippen molar-refractivity contribution in [3.8, 4) is 17.1 Å². The highest BCUT2D eigenvalue weighted by Crippen LogP contribution is 2.21. The standard InChI is InChI=1S/C14H17N3O/c1-4-11-9-13(15-2)17-14(16-11)10-5-7-12(18-3)8-6-10/h5-9H,4H2,1-3H3,(H,15,16,17). The molecule has 0 saturated heterocycles. The summed E-state index contributed by atoms with van der Waals surface area (Å²) in [6.45, 7) is 2.08. The molecule has 1 N–H and O–H groups in total. The number of nitrogens with one attached hydrogen (secondary N) is 1. The fraction of sp³-hybridized carbons (Fsp3) is 0.286. The molecule has 4 heteroatoms. The molecule has 0 amide bonds. The maximum Gasteiger partial charge on any atom is 0.161 e. The molecular weight excluding hydrogens is 226 g/mol. The van der Waals surface area contributed by atoms with E-state index in [0.29, 0.717) is 0 Å². The van der Waals surface area contributed by atoms with Crippen molar-refractivity contribution in [2.24, 2.45) is 0 Å². The van der Waals surface area contributed by atoms with Crippen LogP contribution in [0.3, 0.4) is 0 Å². The molecule has 1 aromatic heterocycles. The van der Waals surface area contributed by atoms with Crippen molar-refractivity contribution in [2.75, 3.05) is 19.5 Å². The lowest BCUT2D eigenvalue weighted by Crippen LogP contribution is -2.00. The lowest BCUT2D eigenvalue weighted by atomic mass is 10.2. The molecular formula is C14H17N3O. The Bertz CT molecular complexity index is 501. The molecule has 2 rings (SSSR count). The minimum atomic E-state index is 0.737. The van der Waals surface area contributed by atoms with Crippen molar-refractivity contribution in [1.82, 2.24) is 9.97 Å². The van der Waals surface area contributed by atoms with Gasteiger partial charge in [0.05, 0.1) is 7.11 Å². The lowest BCUT2D eigenvalue weighted by Gasteiger charge is -2.07. The summed E-state index contributed by atoms with van der Waals surface area (Å²) >= 11 is 0. The minimum Gasteiger partial charge on any atom is -0.497 e. The van der Waals surface area contributed by atoms with Gasteiger partial charge in [-0.1, -0.05) is 6.92 Å². The van der Waals surface area contributed by atoms with Gasteiger partial charge in [-0.2, -0.15) is 0 Å². The molecule has 0 aliphatic heterocycles. The van der Waals surface area contributed by atoms with Gasteiger partial charge >= 0.3 is 0 Å². The van der Waals surface area contributed by atoms with Crippen LogP contribution in [-0.2, 0) is 6.42 Å². The fourth-order valence-electron chi connectivity index (χ4n) is 1.68.